The van der Waals surface area contributed by atoms with Crippen molar-refractivity contribution in [2.75, 3.05) is 7.05 Å². The number of nitrogens with zero attached hydrogens (tertiary/aromatic N) is 6. The summed E-state index contributed by atoms with van der Waals surface area (Å²) in [6, 6.07) is 58.6. The molecule has 4 heterocycles. The molecule has 1 aliphatic heterocycles. The lowest BCUT2D eigenvalue weighted by Gasteiger charge is -2.20. The third kappa shape index (κ3) is 4.88. The highest BCUT2D eigenvalue weighted by Gasteiger charge is 2.32. The third-order valence-corrected chi connectivity index (χ3v) is 10.6. The molecule has 0 N–H and O–H groups in total. The zero-order valence-electron chi connectivity index (χ0n) is 29.7. The first-order valence-corrected chi connectivity index (χ1v) is 18.3. The van der Waals surface area contributed by atoms with Crippen LogP contribution in [0.4, 0.5) is 0 Å². The Balaban J connectivity index is 1.25. The van der Waals surface area contributed by atoms with E-state index in [-0.39, 0.29) is 0 Å². The van der Waals surface area contributed by atoms with Crippen molar-refractivity contribution in [2.24, 2.45) is 5.10 Å². The van der Waals surface area contributed by atoms with E-state index in [0.717, 1.165) is 60.9 Å². The van der Waals surface area contributed by atoms with E-state index in [4.69, 9.17) is 14.3 Å². The van der Waals surface area contributed by atoms with Gasteiger partial charge in [-0.1, -0.05) is 121 Å². The van der Waals surface area contributed by atoms with Crippen LogP contribution in [0.1, 0.15) is 17.4 Å². The molecule has 8 nitrogen and oxygen atoms in total. The molecule has 0 radical (unpaired) electrons. The summed E-state index contributed by atoms with van der Waals surface area (Å²) in [6.07, 6.45) is -0.416. The first-order chi connectivity index (χ1) is 27.2. The summed E-state index contributed by atoms with van der Waals surface area (Å²) >= 11 is 0. The molecule has 11 rings (SSSR count). The van der Waals surface area contributed by atoms with Gasteiger partial charge in [0.1, 0.15) is 0 Å². The third-order valence-electron chi connectivity index (χ3n) is 10.6. The summed E-state index contributed by atoms with van der Waals surface area (Å²) in [6.45, 7) is 0. The topological polar surface area (TPSA) is 73.6 Å². The zero-order chi connectivity index (χ0) is 36.5. The Labute approximate surface area is 315 Å². The lowest BCUT2D eigenvalue weighted by Crippen LogP contribution is -2.16. The monoisotopic (exact) mass is 712 g/mol. The maximum atomic E-state index is 6.79. The van der Waals surface area contributed by atoms with Gasteiger partial charge in [-0.3, -0.25) is 5.01 Å². The number of rotatable bonds is 6. The van der Waals surface area contributed by atoms with E-state index in [1.54, 1.807) is 0 Å². The molecule has 7 aromatic carbocycles. The van der Waals surface area contributed by atoms with Crippen LogP contribution in [0.2, 0.25) is 0 Å². The number of ether oxygens (including phenoxy) is 1. The number of hydrogen-bond donors (Lipinski definition) is 0. The van der Waals surface area contributed by atoms with Crippen molar-refractivity contribution in [3.05, 3.63) is 181 Å². The largest absolute Gasteiger partial charge is 0.446 e. The molecule has 3 aromatic heterocycles. The normalized spacial score (nSPS) is 14.3. The SMILES string of the molecule is CN1N=C(c2cc(-n3c4ccccc4c4ccccc43)c(-n3c4ccccc4c4ccccc43)cc2-c2nnc(-c3ccccc3)o2)OC1c1ccccc1. The fourth-order valence-electron chi connectivity index (χ4n) is 8.10. The molecule has 1 unspecified atom stereocenters. The van der Waals surface area contributed by atoms with Crippen LogP contribution in [-0.2, 0) is 4.74 Å². The van der Waals surface area contributed by atoms with Gasteiger partial charge in [0.05, 0.1) is 44.6 Å². The maximum absolute atomic E-state index is 6.79. The van der Waals surface area contributed by atoms with Crippen molar-refractivity contribution in [3.63, 3.8) is 0 Å². The average Bonchev–Trinajstić information content (AvgIpc) is 4.04. The summed E-state index contributed by atoms with van der Waals surface area (Å²) < 4.78 is 18.0. The fraction of sp³-hybridized carbons (Fsp3) is 0.0426. The van der Waals surface area contributed by atoms with E-state index in [1.165, 1.54) is 10.8 Å². The second kappa shape index (κ2) is 12.3. The minimum Gasteiger partial charge on any atom is -0.446 e. The van der Waals surface area contributed by atoms with Gasteiger partial charge >= 0.3 is 0 Å². The summed E-state index contributed by atoms with van der Waals surface area (Å²) in [4.78, 5) is 0. The molecule has 0 saturated heterocycles. The molecule has 0 saturated carbocycles. The molecule has 0 spiro atoms. The van der Waals surface area contributed by atoms with Crippen molar-refractivity contribution in [3.8, 4) is 34.3 Å². The van der Waals surface area contributed by atoms with E-state index in [2.05, 4.69) is 141 Å². The fourth-order valence-corrected chi connectivity index (χ4v) is 8.10. The quantitative estimate of drug-likeness (QED) is 0.172. The number of hydrazone groups is 1. The van der Waals surface area contributed by atoms with E-state index >= 15 is 0 Å². The van der Waals surface area contributed by atoms with Gasteiger partial charge in [-0.25, -0.2) is 0 Å². The first-order valence-electron chi connectivity index (χ1n) is 18.3. The molecule has 0 aliphatic carbocycles. The molecule has 55 heavy (non-hydrogen) atoms. The van der Waals surface area contributed by atoms with E-state index in [1.807, 2.05) is 60.6 Å². The second-order valence-electron chi connectivity index (χ2n) is 13.8. The Morgan fingerprint density at radius 3 is 1.44 bits per heavy atom. The van der Waals surface area contributed by atoms with E-state index < -0.39 is 6.23 Å². The summed E-state index contributed by atoms with van der Waals surface area (Å²) in [5.41, 5.74) is 9.49. The lowest BCUT2D eigenvalue weighted by atomic mass is 10.0. The number of para-hydroxylation sites is 4. The number of benzene rings is 7. The van der Waals surface area contributed by atoms with Crippen molar-refractivity contribution >= 4 is 49.5 Å². The summed E-state index contributed by atoms with van der Waals surface area (Å²) in [7, 11) is 1.94. The van der Waals surface area contributed by atoms with Crippen LogP contribution in [0.5, 0.6) is 0 Å². The van der Waals surface area contributed by atoms with Crippen LogP contribution < -0.4 is 0 Å². The molecule has 10 aromatic rings. The Bertz CT molecular complexity index is 3000. The molecule has 1 aliphatic rings. The van der Waals surface area contributed by atoms with Gasteiger partial charge in [0.2, 0.25) is 23.9 Å². The Morgan fingerprint density at radius 2 is 0.909 bits per heavy atom. The van der Waals surface area contributed by atoms with Gasteiger partial charge in [0, 0.05) is 39.7 Å². The van der Waals surface area contributed by atoms with Crippen LogP contribution in [0, 0.1) is 0 Å². The second-order valence-corrected chi connectivity index (χ2v) is 13.8. The highest BCUT2D eigenvalue weighted by atomic mass is 16.5. The number of fused-ring (bicyclic) bond motifs is 6. The molecule has 0 bridgehead atoms. The van der Waals surface area contributed by atoms with Gasteiger partial charge in [-0.2, -0.15) is 0 Å². The molecule has 1 atom stereocenters. The van der Waals surface area contributed by atoms with Gasteiger partial charge in [-0.15, -0.1) is 15.3 Å². The van der Waals surface area contributed by atoms with Gasteiger partial charge in [0.25, 0.3) is 0 Å². The van der Waals surface area contributed by atoms with Crippen molar-refractivity contribution in [2.45, 2.75) is 6.23 Å². The van der Waals surface area contributed by atoms with Crippen LogP contribution in [0.25, 0.3) is 77.9 Å². The predicted octanol–water partition coefficient (Wildman–Crippen LogP) is 10.9. The maximum Gasteiger partial charge on any atom is 0.249 e. The van der Waals surface area contributed by atoms with Gasteiger partial charge in [0.15, 0.2) is 0 Å². The number of hydrogen-bond acceptors (Lipinski definition) is 6. The van der Waals surface area contributed by atoms with Crippen LogP contribution in [0.15, 0.2) is 179 Å². The molecule has 262 valence electrons. The Hall–Kier alpha value is -7.45. The molecule has 0 amide bonds. The zero-order valence-corrected chi connectivity index (χ0v) is 29.7. The van der Waals surface area contributed by atoms with Crippen LogP contribution >= 0.6 is 0 Å². The smallest absolute Gasteiger partial charge is 0.249 e. The highest BCUT2D eigenvalue weighted by Crippen LogP contribution is 2.42. The summed E-state index contributed by atoms with van der Waals surface area (Å²) in [5, 5.41) is 20.8. The minimum atomic E-state index is -0.416. The first kappa shape index (κ1) is 31.1. The van der Waals surface area contributed by atoms with E-state index in [0.29, 0.717) is 23.2 Å². The Morgan fingerprint density at radius 1 is 0.473 bits per heavy atom. The van der Waals surface area contributed by atoms with Crippen LogP contribution in [0.3, 0.4) is 0 Å². The average molecular weight is 713 g/mol. The Kier molecular flexibility index (Phi) is 6.97. The van der Waals surface area contributed by atoms with Crippen molar-refractivity contribution in [1.29, 1.82) is 0 Å². The molecule has 0 fully saturated rings. The molecular formula is C47H32N6O2. The van der Waals surface area contributed by atoms with E-state index in [9.17, 15) is 0 Å². The predicted molar refractivity (Wildman–Crippen MR) is 218 cm³/mol. The standard InChI is InChI=1S/C47H32N6O2/c1-51-47(31-18-6-3-7-19-31)55-46(50-51)37-29-43(53-40-26-14-10-22-34(40)35-23-11-15-27-41(35)53)42(28-36(37)45-49-48-44(54-45)30-16-4-2-5-17-30)52-38-24-12-8-20-32(38)33-21-9-13-25-39(33)52/h2-29,47H,1H3. The highest BCUT2D eigenvalue weighted by molar-refractivity contribution is 6.12. The van der Waals surface area contributed by atoms with Crippen LogP contribution in [-0.4, -0.2) is 37.3 Å². The number of aromatic nitrogens is 4. The molecular weight excluding hydrogens is 681 g/mol. The minimum absolute atomic E-state index is 0.363. The van der Waals surface area contributed by atoms with Gasteiger partial charge in [-0.05, 0) is 48.5 Å². The van der Waals surface area contributed by atoms with Crippen molar-refractivity contribution in [1.82, 2.24) is 24.3 Å². The lowest BCUT2D eigenvalue weighted by molar-refractivity contribution is 0.0780. The summed E-state index contributed by atoms with van der Waals surface area (Å²) in [5.74, 6) is 1.25. The van der Waals surface area contributed by atoms with Crippen molar-refractivity contribution < 1.29 is 9.15 Å². The van der Waals surface area contributed by atoms with Gasteiger partial charge < -0.3 is 18.3 Å². The molecule has 8 heteroatoms.